The summed E-state index contributed by atoms with van der Waals surface area (Å²) in [6.45, 7) is 20.1. The molecule has 3 aliphatic heterocycles. The predicted molar refractivity (Wildman–Crippen MR) is 175 cm³/mol. The van der Waals surface area contributed by atoms with Gasteiger partial charge in [0.15, 0.2) is 12.2 Å². The molecule has 4 heterocycles. The molecule has 2 saturated carbocycles. The number of carbonyl (C=O) groups excluding carboxylic acids is 4. The van der Waals surface area contributed by atoms with Crippen molar-refractivity contribution >= 4 is 34.8 Å². The van der Waals surface area contributed by atoms with Crippen LogP contribution in [0.3, 0.4) is 0 Å². The van der Waals surface area contributed by atoms with Crippen molar-refractivity contribution in [3.63, 3.8) is 0 Å². The van der Waals surface area contributed by atoms with Crippen LogP contribution in [0.2, 0.25) is 0 Å². The van der Waals surface area contributed by atoms with E-state index in [0.717, 1.165) is 11.1 Å². The quantitative estimate of drug-likeness (QED) is 0.204. The minimum absolute atomic E-state index is 0.0669. The maximum absolute atomic E-state index is 14.6. The van der Waals surface area contributed by atoms with Crippen LogP contribution in [0.5, 0.6) is 5.75 Å². The lowest BCUT2D eigenvalue weighted by Crippen LogP contribution is -2.57. The van der Waals surface area contributed by atoms with Gasteiger partial charge in [0.05, 0.1) is 16.4 Å². The number of aryl methyl sites for hydroxylation is 1. The molecule has 7 rings (SSSR count). The minimum atomic E-state index is -1.60. The van der Waals surface area contributed by atoms with Gasteiger partial charge >= 0.3 is 29.5 Å². The molecule has 264 valence electrons. The molecular formula is C38H46O11. The fraction of sp³-hybridized carbons (Fsp3) is 0.658. The maximum atomic E-state index is 14.6. The van der Waals surface area contributed by atoms with Crippen molar-refractivity contribution in [1.29, 1.82) is 0 Å². The molecule has 1 aromatic heterocycles. The molecule has 11 nitrogen and oxygen atoms in total. The zero-order chi connectivity index (χ0) is 36.1. The van der Waals surface area contributed by atoms with Crippen molar-refractivity contribution in [1.82, 2.24) is 0 Å². The van der Waals surface area contributed by atoms with Crippen molar-refractivity contribution < 1.29 is 47.3 Å². The van der Waals surface area contributed by atoms with Crippen molar-refractivity contribution in [2.75, 3.05) is 0 Å². The Morgan fingerprint density at radius 3 is 1.71 bits per heavy atom. The molecule has 1 aromatic carbocycles. The van der Waals surface area contributed by atoms with Crippen LogP contribution in [0, 0.1) is 28.6 Å². The Balaban J connectivity index is 1.41. The van der Waals surface area contributed by atoms with Gasteiger partial charge in [-0.25, -0.2) is 14.4 Å². The summed E-state index contributed by atoms with van der Waals surface area (Å²) < 4.78 is 37.1. The third-order valence-corrected chi connectivity index (χ3v) is 13.8. The van der Waals surface area contributed by atoms with Crippen molar-refractivity contribution in [2.24, 2.45) is 21.7 Å². The Bertz CT molecular complexity index is 1930. The standard InChI is InChI=1S/C38H46O11/c1-18(2)20-17-22(39)44-25-23(20)19(3)16-21-24(25)26(45-30(42)37-14-12-35(10,28(40)48-37)33(37,6)7)27(32(4,5)47-21)46-31(43)38-15-13-36(11,29(41)49-38)34(38,8)9/h16-18,26-27H,12-15H2,1-11H3/t26-,27-,35+,36+,37-,38-/m1/s1. The van der Waals surface area contributed by atoms with Gasteiger partial charge < -0.3 is 28.1 Å². The summed E-state index contributed by atoms with van der Waals surface area (Å²) in [5, 5.41) is 0.651. The van der Waals surface area contributed by atoms with Crippen LogP contribution < -0.4 is 10.4 Å². The van der Waals surface area contributed by atoms with E-state index >= 15 is 0 Å². The second-order valence-electron chi connectivity index (χ2n) is 17.2. The van der Waals surface area contributed by atoms with Gasteiger partial charge in [0.1, 0.15) is 16.9 Å². The summed E-state index contributed by atoms with van der Waals surface area (Å²) in [5.74, 6) is -2.29. The van der Waals surface area contributed by atoms with Gasteiger partial charge in [0.25, 0.3) is 0 Å². The highest BCUT2D eigenvalue weighted by Crippen LogP contribution is 2.67. The van der Waals surface area contributed by atoms with Crippen LogP contribution in [-0.2, 0) is 38.1 Å². The fourth-order valence-electron chi connectivity index (χ4n) is 9.38. The number of fused-ring (bicyclic) bond motifs is 7. The van der Waals surface area contributed by atoms with E-state index in [9.17, 15) is 24.0 Å². The van der Waals surface area contributed by atoms with E-state index in [1.54, 1.807) is 33.8 Å². The van der Waals surface area contributed by atoms with E-state index in [-0.39, 0.29) is 29.9 Å². The minimum Gasteiger partial charge on any atom is -0.483 e. The van der Waals surface area contributed by atoms with Crippen LogP contribution in [0.4, 0.5) is 0 Å². The Kier molecular flexibility index (Phi) is 6.63. The van der Waals surface area contributed by atoms with Crippen LogP contribution >= 0.6 is 0 Å². The van der Waals surface area contributed by atoms with Crippen LogP contribution in [-0.4, -0.2) is 46.8 Å². The van der Waals surface area contributed by atoms with E-state index in [0.29, 0.717) is 24.0 Å². The number of rotatable bonds is 5. The Hall–Kier alpha value is -3.89. The summed E-state index contributed by atoms with van der Waals surface area (Å²) in [6, 6.07) is 3.25. The lowest BCUT2D eigenvalue weighted by molar-refractivity contribution is -0.217. The van der Waals surface area contributed by atoms with E-state index in [1.165, 1.54) is 6.07 Å². The van der Waals surface area contributed by atoms with Gasteiger partial charge in [-0.3, -0.25) is 9.59 Å². The molecule has 4 fully saturated rings. The van der Waals surface area contributed by atoms with Crippen LogP contribution in [0.25, 0.3) is 11.0 Å². The zero-order valence-corrected chi connectivity index (χ0v) is 30.2. The van der Waals surface area contributed by atoms with Gasteiger partial charge in [0, 0.05) is 22.3 Å². The second kappa shape index (κ2) is 9.66. The lowest BCUT2D eigenvalue weighted by atomic mass is 9.66. The third-order valence-electron chi connectivity index (χ3n) is 13.8. The predicted octanol–water partition coefficient (Wildman–Crippen LogP) is 6.14. The van der Waals surface area contributed by atoms with E-state index in [2.05, 4.69) is 0 Å². The molecular weight excluding hydrogens is 632 g/mol. The summed E-state index contributed by atoms with van der Waals surface area (Å²) in [4.78, 5) is 68.4. The topological polar surface area (TPSA) is 145 Å². The van der Waals surface area contributed by atoms with E-state index in [4.69, 9.17) is 28.1 Å². The fourth-order valence-corrected chi connectivity index (χ4v) is 9.38. The molecule has 4 bridgehead atoms. The summed E-state index contributed by atoms with van der Waals surface area (Å²) in [5.41, 5.74) is -6.84. The first-order chi connectivity index (χ1) is 22.5. The highest BCUT2D eigenvalue weighted by Gasteiger charge is 2.78. The molecule has 49 heavy (non-hydrogen) atoms. The summed E-state index contributed by atoms with van der Waals surface area (Å²) >= 11 is 0. The number of hydrogen-bond acceptors (Lipinski definition) is 11. The number of benzene rings is 1. The largest absolute Gasteiger partial charge is 0.483 e. The van der Waals surface area contributed by atoms with Crippen molar-refractivity contribution in [2.45, 2.75) is 137 Å². The first-order valence-corrected chi connectivity index (χ1v) is 17.2. The smallest absolute Gasteiger partial charge is 0.351 e. The van der Waals surface area contributed by atoms with Crippen LogP contribution in [0.15, 0.2) is 21.3 Å². The molecule has 5 aliphatic rings. The number of carbonyl (C=O) groups is 4. The molecule has 11 heteroatoms. The SMILES string of the molecule is Cc1cc2c(c3oc(=O)cc(C(C)C)c13)[C@@H](OC(=O)[C@@]13CC[C@@](C)(C(=O)O1)C3(C)C)[C@@H](OC(=O)[C@@]13CC[C@@](C)(C(=O)O1)C3(C)C)C(C)(C)O2. The molecule has 2 saturated heterocycles. The average molecular weight is 679 g/mol. The van der Waals surface area contributed by atoms with Gasteiger partial charge in [-0.05, 0) is 83.4 Å². The van der Waals surface area contributed by atoms with Crippen LogP contribution in [0.1, 0.15) is 124 Å². The number of hydrogen-bond donors (Lipinski definition) is 0. The molecule has 0 spiro atoms. The third kappa shape index (κ3) is 3.82. The molecule has 2 aromatic rings. The molecule has 0 amide bonds. The Morgan fingerprint density at radius 2 is 1.27 bits per heavy atom. The van der Waals surface area contributed by atoms with Gasteiger partial charge in [-0.2, -0.15) is 0 Å². The monoisotopic (exact) mass is 678 g/mol. The Labute approximate surface area is 285 Å². The zero-order valence-electron chi connectivity index (χ0n) is 30.2. The molecule has 0 unspecified atom stereocenters. The van der Waals surface area contributed by atoms with Crippen molar-refractivity contribution in [3.8, 4) is 5.75 Å². The first-order valence-electron chi connectivity index (χ1n) is 17.2. The van der Waals surface area contributed by atoms with Gasteiger partial charge in [-0.15, -0.1) is 0 Å². The van der Waals surface area contributed by atoms with E-state index < -0.39 is 80.2 Å². The molecule has 6 atom stereocenters. The average Bonchev–Trinajstić information content (AvgIpc) is 3.46. The molecule has 0 N–H and O–H groups in total. The van der Waals surface area contributed by atoms with Gasteiger partial charge in [-0.1, -0.05) is 41.5 Å². The number of ether oxygens (including phenoxy) is 5. The Morgan fingerprint density at radius 1 is 0.755 bits per heavy atom. The first kappa shape index (κ1) is 33.6. The second-order valence-corrected chi connectivity index (χ2v) is 17.2. The molecule has 2 aliphatic carbocycles. The van der Waals surface area contributed by atoms with Crippen molar-refractivity contribution in [3.05, 3.63) is 39.2 Å². The highest BCUT2D eigenvalue weighted by molar-refractivity contribution is 5.96. The lowest BCUT2D eigenvalue weighted by Gasteiger charge is -2.46. The summed E-state index contributed by atoms with van der Waals surface area (Å²) in [7, 11) is 0. The highest BCUT2D eigenvalue weighted by atomic mass is 16.7. The summed E-state index contributed by atoms with van der Waals surface area (Å²) in [6.07, 6.45) is -1.30. The molecule has 0 radical (unpaired) electrons. The maximum Gasteiger partial charge on any atom is 0.351 e. The number of esters is 4. The normalized spacial score (nSPS) is 35.9. The van der Waals surface area contributed by atoms with Gasteiger partial charge in [0.2, 0.25) is 11.2 Å². The van der Waals surface area contributed by atoms with E-state index in [1.807, 2.05) is 48.5 Å².